The van der Waals surface area contributed by atoms with Gasteiger partial charge >= 0.3 is 5.97 Å². The third kappa shape index (κ3) is 3.39. The second kappa shape index (κ2) is 5.17. The molecule has 0 fully saturated rings. The van der Waals surface area contributed by atoms with Gasteiger partial charge in [-0.3, -0.25) is 9.59 Å². The molecule has 3 heteroatoms. The van der Waals surface area contributed by atoms with Crippen molar-refractivity contribution in [1.82, 2.24) is 0 Å². The van der Waals surface area contributed by atoms with Crippen molar-refractivity contribution in [3.8, 4) is 0 Å². The zero-order chi connectivity index (χ0) is 10.4. The topological polar surface area (TPSA) is 43.4 Å². The number of carbonyl (C=O) groups excluding carboxylic acids is 2. The quantitative estimate of drug-likeness (QED) is 0.534. The molecule has 0 radical (unpaired) electrons. The molecule has 0 N–H and O–H groups in total. The average Bonchev–Trinajstić information content (AvgIpc) is 2.17. The van der Waals surface area contributed by atoms with Gasteiger partial charge in [-0.1, -0.05) is 30.3 Å². The molecule has 1 aromatic rings. The molecule has 3 nitrogen and oxygen atoms in total. The minimum atomic E-state index is -0.671. The molecule has 0 aliphatic rings. The van der Waals surface area contributed by atoms with Crippen molar-refractivity contribution < 1.29 is 14.3 Å². The van der Waals surface area contributed by atoms with Crippen LogP contribution in [0.4, 0.5) is 0 Å². The Morgan fingerprint density at radius 3 is 2.57 bits per heavy atom. The van der Waals surface area contributed by atoms with Gasteiger partial charge in [-0.2, -0.15) is 0 Å². The van der Waals surface area contributed by atoms with Crippen LogP contribution in [0.3, 0.4) is 0 Å². The first-order valence-electron chi connectivity index (χ1n) is 4.39. The maximum atomic E-state index is 10.6. The van der Waals surface area contributed by atoms with Crippen molar-refractivity contribution in [2.24, 2.45) is 0 Å². The maximum absolute atomic E-state index is 10.6. The van der Waals surface area contributed by atoms with E-state index in [9.17, 15) is 9.59 Å². The van der Waals surface area contributed by atoms with Crippen LogP contribution in [-0.2, 0) is 20.7 Å². The minimum Gasteiger partial charge on any atom is -0.455 e. The van der Waals surface area contributed by atoms with E-state index in [1.165, 1.54) is 6.92 Å². The van der Waals surface area contributed by atoms with Gasteiger partial charge < -0.3 is 4.74 Å². The van der Waals surface area contributed by atoms with Crippen LogP contribution >= 0.6 is 0 Å². The first kappa shape index (κ1) is 10.4. The molecule has 74 valence electrons. The van der Waals surface area contributed by atoms with Gasteiger partial charge in [0.2, 0.25) is 0 Å². The molecule has 0 saturated carbocycles. The number of ether oxygens (including phenoxy) is 1. The highest BCUT2D eigenvalue weighted by Crippen LogP contribution is 2.04. The normalized spacial score (nSPS) is 11.8. The molecule has 1 rings (SSSR count). The Morgan fingerprint density at radius 2 is 2.07 bits per heavy atom. The highest BCUT2D eigenvalue weighted by Gasteiger charge is 2.10. The summed E-state index contributed by atoms with van der Waals surface area (Å²) in [6, 6.07) is 9.43. The van der Waals surface area contributed by atoms with E-state index in [2.05, 4.69) is 0 Å². The molecular weight excluding hydrogens is 180 g/mol. The van der Waals surface area contributed by atoms with Gasteiger partial charge in [0.05, 0.1) is 0 Å². The second-order valence-electron chi connectivity index (χ2n) is 2.97. The summed E-state index contributed by atoms with van der Waals surface area (Å²) in [6.07, 6.45) is 0.410. The highest BCUT2D eigenvalue weighted by atomic mass is 16.5. The van der Waals surface area contributed by atoms with Crippen molar-refractivity contribution >= 4 is 12.3 Å². The predicted octanol–water partition coefficient (Wildman–Crippen LogP) is 1.36. The monoisotopic (exact) mass is 192 g/mol. The summed E-state index contributed by atoms with van der Waals surface area (Å²) in [5.74, 6) is -0.432. The lowest BCUT2D eigenvalue weighted by Gasteiger charge is -2.09. The molecule has 0 spiro atoms. The molecule has 0 heterocycles. The smallest absolute Gasteiger partial charge is 0.303 e. The predicted molar refractivity (Wildman–Crippen MR) is 51.8 cm³/mol. The van der Waals surface area contributed by atoms with Crippen LogP contribution in [0.25, 0.3) is 0 Å². The Kier molecular flexibility index (Phi) is 3.85. The number of benzene rings is 1. The Bertz CT molecular complexity index is 306. The van der Waals surface area contributed by atoms with Crippen molar-refractivity contribution in [2.45, 2.75) is 19.4 Å². The van der Waals surface area contributed by atoms with Crippen molar-refractivity contribution in [1.29, 1.82) is 0 Å². The molecule has 14 heavy (non-hydrogen) atoms. The van der Waals surface area contributed by atoms with Crippen LogP contribution in [0.1, 0.15) is 12.5 Å². The van der Waals surface area contributed by atoms with Crippen LogP contribution in [0, 0.1) is 0 Å². The lowest BCUT2D eigenvalue weighted by Crippen LogP contribution is -2.20. The third-order valence-corrected chi connectivity index (χ3v) is 1.75. The van der Waals surface area contributed by atoms with E-state index in [0.717, 1.165) is 5.56 Å². The Labute approximate surface area is 82.7 Å². The lowest BCUT2D eigenvalue weighted by molar-refractivity contribution is -0.149. The fourth-order valence-corrected chi connectivity index (χ4v) is 1.18. The SMILES string of the molecule is CC(=O)O[C@H](C=O)Cc1ccccc1. The fraction of sp³-hybridized carbons (Fsp3) is 0.273. The Hall–Kier alpha value is -1.64. The highest BCUT2D eigenvalue weighted by molar-refractivity contribution is 5.70. The summed E-state index contributed by atoms with van der Waals surface area (Å²) in [4.78, 5) is 21.2. The molecule has 1 atom stereocenters. The number of hydrogen-bond acceptors (Lipinski definition) is 3. The minimum absolute atomic E-state index is 0.432. The van der Waals surface area contributed by atoms with Gasteiger partial charge in [-0.05, 0) is 5.56 Å². The van der Waals surface area contributed by atoms with Crippen LogP contribution < -0.4 is 0 Å². The summed E-state index contributed by atoms with van der Waals surface area (Å²) in [6.45, 7) is 1.29. The van der Waals surface area contributed by atoms with Crippen LogP contribution in [-0.4, -0.2) is 18.4 Å². The average molecular weight is 192 g/mol. The molecular formula is C11H12O3. The van der Waals surface area contributed by atoms with Crippen LogP contribution in [0.2, 0.25) is 0 Å². The van der Waals surface area contributed by atoms with Gasteiger partial charge in [-0.15, -0.1) is 0 Å². The first-order chi connectivity index (χ1) is 6.72. The zero-order valence-corrected chi connectivity index (χ0v) is 7.97. The lowest BCUT2D eigenvalue weighted by atomic mass is 10.1. The summed E-state index contributed by atoms with van der Waals surface area (Å²) in [5.41, 5.74) is 0.978. The molecule has 0 amide bonds. The first-order valence-corrected chi connectivity index (χ1v) is 4.39. The van der Waals surface area contributed by atoms with Crippen molar-refractivity contribution in [2.75, 3.05) is 0 Å². The molecule has 0 unspecified atom stereocenters. The fourth-order valence-electron chi connectivity index (χ4n) is 1.18. The van der Waals surface area contributed by atoms with Crippen LogP contribution in [0.15, 0.2) is 30.3 Å². The number of esters is 1. The van der Waals surface area contributed by atoms with E-state index < -0.39 is 12.1 Å². The van der Waals surface area contributed by atoms with E-state index in [0.29, 0.717) is 12.7 Å². The van der Waals surface area contributed by atoms with Gasteiger partial charge in [0.25, 0.3) is 0 Å². The van der Waals surface area contributed by atoms with Gasteiger partial charge in [0.1, 0.15) is 0 Å². The number of aldehydes is 1. The summed E-state index contributed by atoms with van der Waals surface area (Å²) in [7, 11) is 0. The summed E-state index contributed by atoms with van der Waals surface area (Å²) >= 11 is 0. The number of hydrogen-bond donors (Lipinski definition) is 0. The van der Waals surface area contributed by atoms with E-state index in [1.807, 2.05) is 30.3 Å². The van der Waals surface area contributed by atoms with Crippen molar-refractivity contribution in [3.63, 3.8) is 0 Å². The van der Waals surface area contributed by atoms with Crippen molar-refractivity contribution in [3.05, 3.63) is 35.9 Å². The largest absolute Gasteiger partial charge is 0.455 e. The van der Waals surface area contributed by atoms with Crippen LogP contribution in [0.5, 0.6) is 0 Å². The van der Waals surface area contributed by atoms with E-state index >= 15 is 0 Å². The van der Waals surface area contributed by atoms with Gasteiger partial charge in [0.15, 0.2) is 12.4 Å². The van der Waals surface area contributed by atoms with E-state index in [1.54, 1.807) is 0 Å². The van der Waals surface area contributed by atoms with E-state index in [4.69, 9.17) is 4.74 Å². The zero-order valence-electron chi connectivity index (χ0n) is 7.97. The van der Waals surface area contributed by atoms with Gasteiger partial charge in [-0.25, -0.2) is 0 Å². The molecule has 0 aliphatic carbocycles. The van der Waals surface area contributed by atoms with Gasteiger partial charge in [0, 0.05) is 13.3 Å². The molecule has 1 aromatic carbocycles. The third-order valence-electron chi connectivity index (χ3n) is 1.75. The molecule has 0 saturated heterocycles. The maximum Gasteiger partial charge on any atom is 0.303 e. The summed E-state index contributed by atoms with van der Waals surface area (Å²) < 4.78 is 4.80. The number of rotatable bonds is 4. The molecule has 0 aromatic heterocycles. The molecule has 0 aliphatic heterocycles. The van der Waals surface area contributed by atoms with E-state index in [-0.39, 0.29) is 0 Å². The Morgan fingerprint density at radius 1 is 1.43 bits per heavy atom. The molecule has 0 bridgehead atoms. The second-order valence-corrected chi connectivity index (χ2v) is 2.97. The standard InChI is InChI=1S/C11H12O3/c1-9(13)14-11(8-12)7-10-5-3-2-4-6-10/h2-6,8,11H,7H2,1H3/t11-/m0/s1. The summed E-state index contributed by atoms with van der Waals surface area (Å²) in [5, 5.41) is 0. The Balaban J connectivity index is 2.57. The number of carbonyl (C=O) groups is 2.